The van der Waals surface area contributed by atoms with Gasteiger partial charge in [-0.05, 0) is 25.0 Å². The molecule has 0 spiro atoms. The van der Waals surface area contributed by atoms with E-state index in [4.69, 9.17) is 0 Å². The minimum atomic E-state index is -0.344. The Morgan fingerprint density at radius 3 is 3.15 bits per heavy atom. The maximum absolute atomic E-state index is 12.5. The summed E-state index contributed by atoms with van der Waals surface area (Å²) in [6, 6.07) is 3.28. The van der Waals surface area contributed by atoms with E-state index < -0.39 is 0 Å². The monoisotopic (exact) mass is 273 g/mol. The molecule has 1 N–H and O–H groups in total. The van der Waals surface area contributed by atoms with Crippen molar-refractivity contribution < 1.29 is 4.79 Å². The van der Waals surface area contributed by atoms with Gasteiger partial charge in [0.2, 0.25) is 0 Å². The Morgan fingerprint density at radius 1 is 1.50 bits per heavy atom. The third kappa shape index (κ3) is 2.34. The van der Waals surface area contributed by atoms with Crippen LogP contribution in [0.2, 0.25) is 0 Å². The number of carbonyl (C=O) groups excluding carboxylic acids is 1. The maximum Gasteiger partial charge on any atom is 0.260 e. The predicted molar refractivity (Wildman–Crippen MR) is 71.1 cm³/mol. The van der Waals surface area contributed by atoms with Crippen LogP contribution in [0.1, 0.15) is 23.2 Å². The zero-order valence-corrected chi connectivity index (χ0v) is 10.9. The van der Waals surface area contributed by atoms with E-state index in [1.165, 1.54) is 6.20 Å². The first-order chi connectivity index (χ1) is 9.75. The Kier molecular flexibility index (Phi) is 3.32. The normalized spacial score (nSPS) is 18.4. The van der Waals surface area contributed by atoms with Gasteiger partial charge in [-0.15, -0.1) is 5.10 Å². The summed E-state index contributed by atoms with van der Waals surface area (Å²) >= 11 is 0. The van der Waals surface area contributed by atoms with Gasteiger partial charge in [-0.3, -0.25) is 14.3 Å². The quantitative estimate of drug-likeness (QED) is 0.870. The molecular formula is C13H15N5O2. The number of aromatic amines is 1. The van der Waals surface area contributed by atoms with Crippen molar-refractivity contribution >= 4 is 5.91 Å². The van der Waals surface area contributed by atoms with Gasteiger partial charge in [0.05, 0.1) is 18.8 Å². The molecular weight excluding hydrogens is 258 g/mol. The Balaban J connectivity index is 1.80. The summed E-state index contributed by atoms with van der Waals surface area (Å²) in [6.07, 6.45) is 6.77. The van der Waals surface area contributed by atoms with Crippen molar-refractivity contribution in [1.29, 1.82) is 0 Å². The third-order valence-electron chi connectivity index (χ3n) is 3.56. The number of amides is 1. The first-order valence-electron chi connectivity index (χ1n) is 6.58. The number of nitrogens with zero attached hydrogens (tertiary/aromatic N) is 4. The summed E-state index contributed by atoms with van der Waals surface area (Å²) in [7, 11) is 0. The van der Waals surface area contributed by atoms with Crippen LogP contribution >= 0.6 is 0 Å². The number of rotatable bonds is 3. The fraction of sp³-hybridized carbons (Fsp3) is 0.385. The average Bonchev–Trinajstić information content (AvgIpc) is 3.11. The Labute approximate surface area is 115 Å². The van der Waals surface area contributed by atoms with Crippen LogP contribution in [-0.4, -0.2) is 43.4 Å². The lowest BCUT2D eigenvalue weighted by Gasteiger charge is -2.24. The second-order valence-corrected chi connectivity index (χ2v) is 4.83. The van der Waals surface area contributed by atoms with E-state index in [0.29, 0.717) is 13.1 Å². The molecule has 1 aliphatic heterocycles. The van der Waals surface area contributed by atoms with Gasteiger partial charge in [0.1, 0.15) is 5.56 Å². The first-order valence-corrected chi connectivity index (χ1v) is 6.58. The minimum absolute atomic E-state index is 0.0591. The highest BCUT2D eigenvalue weighted by Gasteiger charge is 2.30. The standard InChI is InChI=1S/C13H15N5O2/c19-12-11(4-1-5-14-12)13(20)18-7-2-3-10(18)9-17-8-6-15-16-17/h1,4-6,8,10H,2-3,7,9H2,(H,14,19)/t10-/m0/s1. The molecule has 0 bridgehead atoms. The van der Waals surface area contributed by atoms with Crippen molar-refractivity contribution in [2.75, 3.05) is 6.54 Å². The number of nitrogens with one attached hydrogen (secondary N) is 1. The van der Waals surface area contributed by atoms with Crippen molar-refractivity contribution in [3.63, 3.8) is 0 Å². The number of pyridine rings is 1. The van der Waals surface area contributed by atoms with Crippen molar-refractivity contribution in [3.05, 3.63) is 46.6 Å². The molecule has 104 valence electrons. The van der Waals surface area contributed by atoms with E-state index in [9.17, 15) is 9.59 Å². The Bertz CT molecular complexity index is 649. The van der Waals surface area contributed by atoms with Crippen LogP contribution < -0.4 is 5.56 Å². The summed E-state index contributed by atoms with van der Waals surface area (Å²) in [6.45, 7) is 1.28. The predicted octanol–water partition coefficient (Wildman–Crippen LogP) is 0.271. The number of hydrogen-bond donors (Lipinski definition) is 1. The molecule has 2 aromatic heterocycles. The highest BCUT2D eigenvalue weighted by molar-refractivity contribution is 5.94. The van der Waals surface area contributed by atoms with E-state index >= 15 is 0 Å². The molecule has 0 radical (unpaired) electrons. The van der Waals surface area contributed by atoms with Gasteiger partial charge in [0.15, 0.2) is 0 Å². The van der Waals surface area contributed by atoms with Gasteiger partial charge >= 0.3 is 0 Å². The van der Waals surface area contributed by atoms with Crippen LogP contribution in [0.3, 0.4) is 0 Å². The van der Waals surface area contributed by atoms with Gasteiger partial charge in [-0.1, -0.05) is 5.21 Å². The zero-order valence-electron chi connectivity index (χ0n) is 10.9. The lowest BCUT2D eigenvalue weighted by atomic mass is 10.2. The summed E-state index contributed by atoms with van der Waals surface area (Å²) in [5, 5.41) is 7.69. The van der Waals surface area contributed by atoms with Crippen LogP contribution in [0, 0.1) is 0 Å². The molecule has 0 unspecified atom stereocenters. The topological polar surface area (TPSA) is 83.9 Å². The van der Waals surface area contributed by atoms with Gasteiger partial charge < -0.3 is 9.88 Å². The molecule has 1 atom stereocenters. The van der Waals surface area contributed by atoms with Crippen molar-refractivity contribution in [2.45, 2.75) is 25.4 Å². The van der Waals surface area contributed by atoms with Gasteiger partial charge in [0.25, 0.3) is 11.5 Å². The number of H-pyrrole nitrogens is 1. The van der Waals surface area contributed by atoms with Crippen LogP contribution in [0.5, 0.6) is 0 Å². The highest BCUT2D eigenvalue weighted by atomic mass is 16.2. The van der Waals surface area contributed by atoms with Crippen molar-refractivity contribution in [2.24, 2.45) is 0 Å². The SMILES string of the molecule is O=C(c1ccc[nH]c1=O)N1CCC[C@H]1Cn1ccnn1. The largest absolute Gasteiger partial charge is 0.334 e. The Morgan fingerprint density at radius 2 is 2.40 bits per heavy atom. The number of hydrogen-bond acceptors (Lipinski definition) is 4. The van der Waals surface area contributed by atoms with E-state index in [2.05, 4.69) is 15.3 Å². The van der Waals surface area contributed by atoms with Crippen LogP contribution in [0.25, 0.3) is 0 Å². The molecule has 20 heavy (non-hydrogen) atoms. The molecule has 0 aliphatic carbocycles. The molecule has 7 heteroatoms. The van der Waals surface area contributed by atoms with E-state index in [1.807, 2.05) is 0 Å². The van der Waals surface area contributed by atoms with Gasteiger partial charge in [-0.25, -0.2) is 0 Å². The fourth-order valence-corrected chi connectivity index (χ4v) is 2.58. The van der Waals surface area contributed by atoms with Gasteiger partial charge in [-0.2, -0.15) is 0 Å². The maximum atomic E-state index is 12.5. The molecule has 0 saturated carbocycles. The molecule has 3 rings (SSSR count). The smallest absolute Gasteiger partial charge is 0.260 e. The van der Waals surface area contributed by atoms with Gasteiger partial charge in [0, 0.05) is 18.9 Å². The van der Waals surface area contributed by atoms with E-state index in [-0.39, 0.29) is 23.1 Å². The van der Waals surface area contributed by atoms with E-state index in [1.54, 1.807) is 34.1 Å². The summed E-state index contributed by atoms with van der Waals surface area (Å²) < 4.78 is 1.71. The number of carbonyl (C=O) groups is 1. The minimum Gasteiger partial charge on any atom is -0.334 e. The summed E-state index contributed by atoms with van der Waals surface area (Å²) in [5.41, 5.74) is -0.151. The number of aromatic nitrogens is 4. The van der Waals surface area contributed by atoms with E-state index in [0.717, 1.165) is 12.8 Å². The lowest BCUT2D eigenvalue weighted by Crippen LogP contribution is -2.40. The van der Waals surface area contributed by atoms with Crippen LogP contribution in [-0.2, 0) is 6.54 Å². The van der Waals surface area contributed by atoms with Crippen molar-refractivity contribution in [3.8, 4) is 0 Å². The van der Waals surface area contributed by atoms with Crippen molar-refractivity contribution in [1.82, 2.24) is 24.9 Å². The van der Waals surface area contributed by atoms with Crippen LogP contribution in [0.15, 0.2) is 35.5 Å². The molecule has 7 nitrogen and oxygen atoms in total. The second kappa shape index (κ2) is 5.28. The second-order valence-electron chi connectivity index (χ2n) is 4.83. The highest BCUT2D eigenvalue weighted by Crippen LogP contribution is 2.20. The fourth-order valence-electron chi connectivity index (χ4n) is 2.58. The lowest BCUT2D eigenvalue weighted by molar-refractivity contribution is 0.0719. The molecule has 1 amide bonds. The molecule has 1 fully saturated rings. The molecule has 1 saturated heterocycles. The average molecular weight is 273 g/mol. The third-order valence-corrected chi connectivity index (χ3v) is 3.56. The van der Waals surface area contributed by atoms with Crippen LogP contribution in [0.4, 0.5) is 0 Å². The first kappa shape index (κ1) is 12.6. The number of likely N-dealkylation sites (tertiary alicyclic amines) is 1. The summed E-state index contributed by atoms with van der Waals surface area (Å²) in [4.78, 5) is 28.5. The summed E-state index contributed by atoms with van der Waals surface area (Å²) in [5.74, 6) is -0.213. The molecule has 1 aliphatic rings. The molecule has 2 aromatic rings. The Hall–Kier alpha value is -2.44. The molecule has 0 aromatic carbocycles. The molecule has 3 heterocycles. The zero-order chi connectivity index (χ0) is 13.9.